The average Bonchev–Trinajstić information content (AvgIpc) is 3.83. The summed E-state index contributed by atoms with van der Waals surface area (Å²) < 4.78 is 14.3. The second kappa shape index (κ2) is 14.6. The van der Waals surface area contributed by atoms with E-state index < -0.39 is 5.41 Å². The molecule has 8 aromatic carbocycles. The molecule has 1 heterocycles. The maximum Gasteiger partial charge on any atom is 0.194 e. The van der Waals surface area contributed by atoms with E-state index in [0.29, 0.717) is 29.1 Å². The molecule has 0 N–H and O–H groups in total. The van der Waals surface area contributed by atoms with Gasteiger partial charge >= 0.3 is 0 Å². The summed E-state index contributed by atoms with van der Waals surface area (Å²) >= 11 is 0. The molecule has 1 aliphatic heterocycles. The first kappa shape index (κ1) is 36.7. The predicted molar refractivity (Wildman–Crippen MR) is 260 cm³/mol. The summed E-state index contributed by atoms with van der Waals surface area (Å²) in [5, 5.41) is 0. The van der Waals surface area contributed by atoms with Crippen molar-refractivity contribution in [3.8, 4) is 67.5 Å². The highest BCUT2D eigenvalue weighted by molar-refractivity contribution is 5.96. The Balaban J connectivity index is 0.962. The molecule has 8 aromatic rings. The largest absolute Gasteiger partial charge is 0.449 e. The summed E-state index contributed by atoms with van der Waals surface area (Å²) in [6, 6.07) is 65.9. The first-order valence-electron chi connectivity index (χ1n) is 22.5. The molecule has 1 spiro atoms. The average molecular weight is 822 g/mol. The number of hydrogen-bond acceptors (Lipinski definition) is 3. The summed E-state index contributed by atoms with van der Waals surface area (Å²) in [5.74, 6) is 3.60. The van der Waals surface area contributed by atoms with Gasteiger partial charge in [-0.2, -0.15) is 0 Å². The third-order valence-electron chi connectivity index (χ3n) is 14.0. The second-order valence-corrected chi connectivity index (χ2v) is 17.5. The Morgan fingerprint density at radius 3 is 1.78 bits per heavy atom. The van der Waals surface area contributed by atoms with Crippen LogP contribution in [0, 0.1) is 11.8 Å². The van der Waals surface area contributed by atoms with E-state index in [0.717, 1.165) is 46.8 Å². The van der Waals surface area contributed by atoms with E-state index in [1.54, 1.807) is 0 Å². The van der Waals surface area contributed by atoms with E-state index in [-0.39, 0.29) is 0 Å². The van der Waals surface area contributed by atoms with Crippen LogP contribution in [0.2, 0.25) is 0 Å². The fourth-order valence-electron chi connectivity index (χ4n) is 11.2. The Labute approximate surface area is 374 Å². The molecule has 0 bridgehead atoms. The van der Waals surface area contributed by atoms with Crippen molar-refractivity contribution < 1.29 is 9.47 Å². The fourth-order valence-corrected chi connectivity index (χ4v) is 11.2. The zero-order chi connectivity index (χ0) is 42.2. The normalized spacial score (nSPS) is 17.5. The van der Waals surface area contributed by atoms with Crippen LogP contribution in [-0.2, 0) is 5.41 Å². The molecule has 4 aliphatic carbocycles. The van der Waals surface area contributed by atoms with E-state index in [4.69, 9.17) is 9.47 Å². The van der Waals surface area contributed by atoms with Crippen LogP contribution in [-0.4, -0.2) is 0 Å². The molecular formula is C61H43NO2. The van der Waals surface area contributed by atoms with Crippen LogP contribution in [0.15, 0.2) is 230 Å². The second-order valence-electron chi connectivity index (χ2n) is 17.5. The fraction of sp³-hybridized carbons (Fsp3) is 0.0820. The lowest BCUT2D eigenvalue weighted by atomic mass is 9.70. The van der Waals surface area contributed by atoms with Crippen LogP contribution in [0.5, 0.6) is 23.0 Å². The molecule has 0 aromatic heterocycles. The van der Waals surface area contributed by atoms with E-state index in [1.807, 2.05) is 6.07 Å². The Morgan fingerprint density at radius 1 is 0.438 bits per heavy atom. The van der Waals surface area contributed by atoms with Crippen LogP contribution in [0.4, 0.5) is 11.4 Å². The third-order valence-corrected chi connectivity index (χ3v) is 14.0. The van der Waals surface area contributed by atoms with Crippen LogP contribution >= 0.6 is 0 Å². The van der Waals surface area contributed by atoms with Crippen molar-refractivity contribution in [2.75, 3.05) is 4.90 Å². The molecule has 13 rings (SSSR count). The number of rotatable bonds is 6. The van der Waals surface area contributed by atoms with E-state index >= 15 is 0 Å². The van der Waals surface area contributed by atoms with Gasteiger partial charge in [-0.3, -0.25) is 0 Å². The molecule has 5 aliphatic rings. The highest BCUT2D eigenvalue weighted by Crippen LogP contribution is 2.65. The molecule has 0 fully saturated rings. The first-order valence-corrected chi connectivity index (χ1v) is 22.5. The topological polar surface area (TPSA) is 21.7 Å². The summed E-state index contributed by atoms with van der Waals surface area (Å²) in [7, 11) is 0. The number of nitrogens with zero attached hydrogens (tertiary/aromatic N) is 1. The number of ether oxygens (including phenoxy) is 2. The number of hydrogen-bond donors (Lipinski definition) is 0. The van der Waals surface area contributed by atoms with Gasteiger partial charge in [-0.05, 0) is 140 Å². The molecule has 64 heavy (non-hydrogen) atoms. The van der Waals surface area contributed by atoms with Gasteiger partial charge in [0.2, 0.25) is 0 Å². The molecule has 3 nitrogen and oxygen atoms in total. The highest BCUT2D eigenvalue weighted by atomic mass is 16.6. The van der Waals surface area contributed by atoms with Crippen molar-refractivity contribution in [1.82, 2.24) is 0 Å². The first-order chi connectivity index (χ1) is 31.7. The van der Waals surface area contributed by atoms with Crippen LogP contribution in [0.3, 0.4) is 0 Å². The minimum Gasteiger partial charge on any atom is -0.449 e. The summed E-state index contributed by atoms with van der Waals surface area (Å²) in [6.45, 7) is 0. The zero-order valence-electron chi connectivity index (χ0n) is 35.2. The van der Waals surface area contributed by atoms with Crippen molar-refractivity contribution in [3.63, 3.8) is 0 Å². The Hall–Kier alpha value is -7.88. The molecule has 2 atom stereocenters. The van der Waals surface area contributed by atoms with Crippen molar-refractivity contribution in [2.24, 2.45) is 11.8 Å². The van der Waals surface area contributed by atoms with Gasteiger partial charge in [-0.15, -0.1) is 0 Å². The number of anilines is 2. The summed E-state index contributed by atoms with van der Waals surface area (Å²) in [6.07, 6.45) is 18.1. The maximum atomic E-state index is 7.29. The van der Waals surface area contributed by atoms with E-state index in [9.17, 15) is 0 Å². The molecule has 0 saturated heterocycles. The summed E-state index contributed by atoms with van der Waals surface area (Å²) in [4.78, 5) is 2.37. The molecular weight excluding hydrogens is 779 g/mol. The van der Waals surface area contributed by atoms with Crippen LogP contribution < -0.4 is 14.4 Å². The van der Waals surface area contributed by atoms with Crippen LogP contribution in [0.1, 0.15) is 35.1 Å². The maximum absolute atomic E-state index is 7.29. The van der Waals surface area contributed by atoms with Gasteiger partial charge < -0.3 is 14.4 Å². The van der Waals surface area contributed by atoms with Crippen molar-refractivity contribution >= 4 is 11.4 Å². The monoisotopic (exact) mass is 821 g/mol. The molecule has 0 amide bonds. The third kappa shape index (κ3) is 5.60. The van der Waals surface area contributed by atoms with Crippen LogP contribution in [0.25, 0.3) is 44.5 Å². The van der Waals surface area contributed by atoms with Gasteiger partial charge in [-0.1, -0.05) is 176 Å². The quantitative estimate of drug-likeness (QED) is 0.167. The molecule has 0 radical (unpaired) electrons. The SMILES string of the molecule is C1=CCC(C2C=C(N(c3cccc(-c4cccc(-c5ccccc5)c4)c3)c3cccc4c3Oc3cc5c(cc3O4)-c3ccccc3C53c4ccccc4-c4ccccc43)C=CC2)C=C1. The smallest absolute Gasteiger partial charge is 0.194 e. The summed E-state index contributed by atoms with van der Waals surface area (Å²) in [5.41, 5.74) is 17.3. The van der Waals surface area contributed by atoms with E-state index in [1.165, 1.54) is 55.6 Å². The van der Waals surface area contributed by atoms with Gasteiger partial charge in [0.25, 0.3) is 0 Å². The van der Waals surface area contributed by atoms with Gasteiger partial charge in [0, 0.05) is 11.4 Å². The minimum absolute atomic E-state index is 0.351. The van der Waals surface area contributed by atoms with Gasteiger partial charge in [-0.25, -0.2) is 0 Å². The van der Waals surface area contributed by atoms with Gasteiger partial charge in [0.05, 0.1) is 11.1 Å². The van der Waals surface area contributed by atoms with Crippen molar-refractivity contribution in [3.05, 3.63) is 252 Å². The van der Waals surface area contributed by atoms with Crippen molar-refractivity contribution in [2.45, 2.75) is 18.3 Å². The number of para-hydroxylation sites is 1. The Morgan fingerprint density at radius 2 is 1.05 bits per heavy atom. The molecule has 304 valence electrons. The van der Waals surface area contributed by atoms with E-state index in [2.05, 4.69) is 223 Å². The Bertz CT molecular complexity index is 3270. The molecule has 0 saturated carbocycles. The lowest BCUT2D eigenvalue weighted by Crippen LogP contribution is -2.26. The lowest BCUT2D eigenvalue weighted by molar-refractivity contribution is 0.360. The predicted octanol–water partition coefficient (Wildman–Crippen LogP) is 16.0. The number of fused-ring (bicyclic) bond motifs is 12. The van der Waals surface area contributed by atoms with Crippen molar-refractivity contribution in [1.29, 1.82) is 0 Å². The van der Waals surface area contributed by atoms with Gasteiger partial charge in [0.1, 0.15) is 0 Å². The highest BCUT2D eigenvalue weighted by Gasteiger charge is 2.52. The standard InChI is InChI=1S/C61H43NO2/c1-3-17-40(18-4-1)42-21-13-22-43(35-42)45-24-15-26-47(37-45)62(46-25-14-23-44(36-46)41-19-5-2-6-20-41)56-33-16-34-57-60(56)64-59-39-55-51(38-58(59)63-57)50-29-9-12-32-54(50)61(55)52-30-10-7-27-48(52)49-28-8-11-31-53(49)61/h1-19,21-22,24-39,41,44H,20,23H2. The van der Waals surface area contributed by atoms with Gasteiger partial charge in [0.15, 0.2) is 23.0 Å². The lowest BCUT2D eigenvalue weighted by Gasteiger charge is -2.34. The minimum atomic E-state index is -0.489. The Kier molecular flexibility index (Phi) is 8.39. The molecule has 2 unspecified atom stereocenters. The zero-order valence-corrected chi connectivity index (χ0v) is 35.2. The number of allylic oxidation sites excluding steroid dienone is 7. The number of benzene rings is 8. The molecule has 3 heteroatoms.